The standard InChI is InChI=1S/C22H26N4O/c1-27-16-8-6-15(7-9-16)19-10-11-22(25-24-19)26-13-12-18-17-4-2-3-5-20(17)23-21(18)14-26/h2-5,10-11,15-16,23H,6-9,12-14H2,1H3. The summed E-state index contributed by atoms with van der Waals surface area (Å²) in [5, 5.41) is 10.5. The number of nitrogens with zero attached hydrogens (tertiary/aromatic N) is 3. The van der Waals surface area contributed by atoms with Crippen molar-refractivity contribution < 1.29 is 4.74 Å². The van der Waals surface area contributed by atoms with Crippen LogP contribution in [0.1, 0.15) is 48.6 Å². The minimum absolute atomic E-state index is 0.423. The first-order valence-corrected chi connectivity index (χ1v) is 10.0. The van der Waals surface area contributed by atoms with E-state index >= 15 is 0 Å². The maximum atomic E-state index is 5.48. The molecule has 1 aliphatic heterocycles. The number of H-pyrrole nitrogens is 1. The molecule has 0 atom stereocenters. The SMILES string of the molecule is COC1CCC(c2ccc(N3CCc4c([nH]c5ccccc45)C3)nn2)CC1. The van der Waals surface area contributed by atoms with E-state index in [1.165, 1.54) is 22.2 Å². The van der Waals surface area contributed by atoms with Gasteiger partial charge in [0.05, 0.1) is 18.3 Å². The maximum Gasteiger partial charge on any atom is 0.151 e. The first kappa shape index (κ1) is 16.8. The van der Waals surface area contributed by atoms with E-state index in [0.717, 1.165) is 56.7 Å². The van der Waals surface area contributed by atoms with Crippen molar-refractivity contribution in [1.29, 1.82) is 0 Å². The van der Waals surface area contributed by atoms with E-state index in [4.69, 9.17) is 4.74 Å². The van der Waals surface area contributed by atoms with E-state index in [9.17, 15) is 0 Å². The first-order valence-electron chi connectivity index (χ1n) is 10.0. The summed E-state index contributed by atoms with van der Waals surface area (Å²) in [5.41, 5.74) is 5.14. The molecular formula is C22H26N4O. The highest BCUT2D eigenvalue weighted by Gasteiger charge is 2.25. The molecule has 5 heteroatoms. The zero-order valence-corrected chi connectivity index (χ0v) is 15.8. The fraction of sp³-hybridized carbons (Fsp3) is 0.455. The molecule has 27 heavy (non-hydrogen) atoms. The molecule has 3 heterocycles. The lowest BCUT2D eigenvalue weighted by Gasteiger charge is -2.29. The van der Waals surface area contributed by atoms with Gasteiger partial charge in [0.2, 0.25) is 0 Å². The number of hydrogen-bond acceptors (Lipinski definition) is 4. The quantitative estimate of drug-likeness (QED) is 0.759. The van der Waals surface area contributed by atoms with Crippen LogP contribution in [0.3, 0.4) is 0 Å². The average Bonchev–Trinajstić information content (AvgIpc) is 3.12. The highest BCUT2D eigenvalue weighted by Crippen LogP contribution is 2.33. The third kappa shape index (κ3) is 3.10. The third-order valence-electron chi connectivity index (χ3n) is 6.30. The van der Waals surface area contributed by atoms with E-state index in [0.29, 0.717) is 12.0 Å². The van der Waals surface area contributed by atoms with Crippen LogP contribution in [0.2, 0.25) is 0 Å². The second-order valence-corrected chi connectivity index (χ2v) is 7.82. The number of ether oxygens (including phenoxy) is 1. The number of aromatic amines is 1. The number of para-hydroxylation sites is 1. The molecule has 3 aromatic rings. The van der Waals surface area contributed by atoms with E-state index in [1.807, 2.05) is 7.11 Å². The summed E-state index contributed by atoms with van der Waals surface area (Å²) >= 11 is 0. The molecule has 1 fully saturated rings. The number of anilines is 1. The average molecular weight is 362 g/mol. The summed E-state index contributed by atoms with van der Waals surface area (Å²) < 4.78 is 5.48. The summed E-state index contributed by atoms with van der Waals surface area (Å²) in [6, 6.07) is 12.9. The predicted molar refractivity (Wildman–Crippen MR) is 107 cm³/mol. The number of fused-ring (bicyclic) bond motifs is 3. The topological polar surface area (TPSA) is 54.0 Å². The summed E-state index contributed by atoms with van der Waals surface area (Å²) in [4.78, 5) is 5.92. The number of hydrogen-bond donors (Lipinski definition) is 1. The number of aromatic nitrogens is 3. The zero-order valence-electron chi connectivity index (χ0n) is 15.8. The van der Waals surface area contributed by atoms with E-state index < -0.39 is 0 Å². The molecule has 1 aromatic carbocycles. The zero-order chi connectivity index (χ0) is 18.2. The highest BCUT2D eigenvalue weighted by atomic mass is 16.5. The third-order valence-corrected chi connectivity index (χ3v) is 6.30. The Labute approximate surface area is 159 Å². The Morgan fingerprint density at radius 3 is 2.67 bits per heavy atom. The van der Waals surface area contributed by atoms with Gasteiger partial charge in [-0.1, -0.05) is 18.2 Å². The second kappa shape index (κ2) is 6.97. The Bertz CT molecular complexity index is 925. The Morgan fingerprint density at radius 2 is 1.89 bits per heavy atom. The predicted octanol–water partition coefficient (Wildman–Crippen LogP) is 4.19. The Morgan fingerprint density at radius 1 is 1.04 bits per heavy atom. The fourth-order valence-electron chi connectivity index (χ4n) is 4.70. The van der Waals surface area contributed by atoms with Crippen molar-refractivity contribution in [2.45, 2.75) is 50.7 Å². The number of benzene rings is 1. The van der Waals surface area contributed by atoms with E-state index in [-0.39, 0.29) is 0 Å². The normalized spacial score (nSPS) is 22.8. The molecule has 0 saturated heterocycles. The van der Waals surface area contributed by atoms with Gasteiger partial charge in [-0.3, -0.25) is 0 Å². The number of methoxy groups -OCH3 is 1. The van der Waals surface area contributed by atoms with Crippen LogP contribution in [0, 0.1) is 0 Å². The lowest BCUT2D eigenvalue weighted by Crippen LogP contribution is -2.31. The number of nitrogens with one attached hydrogen (secondary N) is 1. The largest absolute Gasteiger partial charge is 0.381 e. The molecule has 1 N–H and O–H groups in total. The van der Waals surface area contributed by atoms with E-state index in [1.54, 1.807) is 0 Å². The van der Waals surface area contributed by atoms with Gasteiger partial charge in [0.25, 0.3) is 0 Å². The van der Waals surface area contributed by atoms with Crippen molar-refractivity contribution >= 4 is 16.7 Å². The summed E-state index contributed by atoms with van der Waals surface area (Å²) in [7, 11) is 1.82. The van der Waals surface area contributed by atoms with Gasteiger partial charge in [0.1, 0.15) is 0 Å². The van der Waals surface area contributed by atoms with Crippen molar-refractivity contribution in [2.24, 2.45) is 0 Å². The van der Waals surface area contributed by atoms with Gasteiger partial charge in [-0.15, -0.1) is 5.10 Å². The molecule has 2 aromatic heterocycles. The van der Waals surface area contributed by atoms with Gasteiger partial charge in [0.15, 0.2) is 5.82 Å². The van der Waals surface area contributed by atoms with Crippen LogP contribution in [0.25, 0.3) is 10.9 Å². The molecule has 1 saturated carbocycles. The second-order valence-electron chi connectivity index (χ2n) is 7.82. The lowest BCUT2D eigenvalue weighted by molar-refractivity contribution is 0.0654. The van der Waals surface area contributed by atoms with Crippen LogP contribution in [-0.2, 0) is 17.7 Å². The van der Waals surface area contributed by atoms with Crippen molar-refractivity contribution in [2.75, 3.05) is 18.6 Å². The van der Waals surface area contributed by atoms with Crippen LogP contribution in [0.4, 0.5) is 5.82 Å². The van der Waals surface area contributed by atoms with Gasteiger partial charge in [-0.25, -0.2) is 0 Å². The molecule has 0 radical (unpaired) electrons. The van der Waals surface area contributed by atoms with Crippen LogP contribution in [0.5, 0.6) is 0 Å². The van der Waals surface area contributed by atoms with Crippen LogP contribution >= 0.6 is 0 Å². The summed E-state index contributed by atoms with van der Waals surface area (Å²) in [6.07, 6.45) is 6.01. The molecule has 0 spiro atoms. The monoisotopic (exact) mass is 362 g/mol. The van der Waals surface area contributed by atoms with Crippen LogP contribution < -0.4 is 4.90 Å². The van der Waals surface area contributed by atoms with Crippen LogP contribution in [0.15, 0.2) is 36.4 Å². The van der Waals surface area contributed by atoms with Gasteiger partial charge in [-0.05, 0) is 55.9 Å². The van der Waals surface area contributed by atoms with Gasteiger partial charge in [-0.2, -0.15) is 5.10 Å². The maximum absolute atomic E-state index is 5.48. The minimum Gasteiger partial charge on any atom is -0.381 e. The minimum atomic E-state index is 0.423. The molecule has 0 unspecified atom stereocenters. The van der Waals surface area contributed by atoms with Crippen molar-refractivity contribution in [3.63, 3.8) is 0 Å². The van der Waals surface area contributed by atoms with Crippen molar-refractivity contribution in [3.8, 4) is 0 Å². The van der Waals surface area contributed by atoms with Gasteiger partial charge < -0.3 is 14.6 Å². The molecule has 0 amide bonds. The Balaban J connectivity index is 1.31. The first-order chi connectivity index (χ1) is 13.3. The molecular weight excluding hydrogens is 336 g/mol. The van der Waals surface area contributed by atoms with Crippen molar-refractivity contribution in [1.82, 2.24) is 15.2 Å². The van der Waals surface area contributed by atoms with Crippen LogP contribution in [-0.4, -0.2) is 34.9 Å². The van der Waals surface area contributed by atoms with Gasteiger partial charge >= 0.3 is 0 Å². The van der Waals surface area contributed by atoms with Crippen molar-refractivity contribution in [3.05, 3.63) is 53.3 Å². The summed E-state index contributed by atoms with van der Waals surface area (Å²) in [5.74, 6) is 1.51. The van der Waals surface area contributed by atoms with E-state index in [2.05, 4.69) is 56.5 Å². The smallest absolute Gasteiger partial charge is 0.151 e. The molecule has 1 aliphatic carbocycles. The summed E-state index contributed by atoms with van der Waals surface area (Å²) in [6.45, 7) is 1.86. The Hall–Kier alpha value is -2.40. The van der Waals surface area contributed by atoms with Gasteiger partial charge in [0, 0.05) is 36.2 Å². The highest BCUT2D eigenvalue weighted by molar-refractivity contribution is 5.85. The molecule has 0 bridgehead atoms. The number of rotatable bonds is 3. The molecule has 140 valence electrons. The molecule has 5 rings (SSSR count). The fourth-order valence-corrected chi connectivity index (χ4v) is 4.70. The molecule has 2 aliphatic rings. The lowest BCUT2D eigenvalue weighted by atomic mass is 9.85. The molecule has 5 nitrogen and oxygen atoms in total. The Kier molecular flexibility index (Phi) is 4.32.